The zero-order valence-corrected chi connectivity index (χ0v) is 16.5. The van der Waals surface area contributed by atoms with E-state index in [1.165, 1.54) is 6.42 Å². The highest BCUT2D eigenvalue weighted by Crippen LogP contribution is 2.31. The van der Waals surface area contributed by atoms with Gasteiger partial charge in [-0.3, -0.25) is 4.79 Å². The van der Waals surface area contributed by atoms with Crippen LogP contribution in [0.15, 0.2) is 24.4 Å². The second-order valence-corrected chi connectivity index (χ2v) is 7.92. The smallest absolute Gasteiger partial charge is 0.227 e. The maximum absolute atomic E-state index is 12.9. The van der Waals surface area contributed by atoms with Gasteiger partial charge in [-0.15, -0.1) is 0 Å². The molecular weight excluding hydrogens is 368 g/mol. The third kappa shape index (κ3) is 3.92. The van der Waals surface area contributed by atoms with Crippen LogP contribution in [0.1, 0.15) is 47.9 Å². The Labute approximate surface area is 170 Å². The van der Waals surface area contributed by atoms with Gasteiger partial charge in [-0.2, -0.15) is 0 Å². The minimum absolute atomic E-state index is 0.117. The molecule has 7 nitrogen and oxygen atoms in total. The first-order valence-corrected chi connectivity index (χ1v) is 10.5. The van der Waals surface area contributed by atoms with Crippen molar-refractivity contribution < 1.29 is 14.3 Å². The van der Waals surface area contributed by atoms with Gasteiger partial charge in [0, 0.05) is 37.7 Å². The van der Waals surface area contributed by atoms with E-state index in [2.05, 4.69) is 10.3 Å². The Morgan fingerprint density at radius 3 is 2.97 bits per heavy atom. The molecule has 1 aromatic heterocycles. The molecule has 0 spiro atoms. The highest BCUT2D eigenvalue weighted by atomic mass is 16.5. The second-order valence-electron chi connectivity index (χ2n) is 7.92. The van der Waals surface area contributed by atoms with Crippen molar-refractivity contribution in [2.75, 3.05) is 26.3 Å². The Balaban J connectivity index is 1.25. The normalized spacial score (nSPS) is 20.8. The van der Waals surface area contributed by atoms with Crippen LogP contribution < -0.4 is 14.8 Å². The topological polar surface area (TPSA) is 76.6 Å². The monoisotopic (exact) mass is 394 g/mol. The van der Waals surface area contributed by atoms with Crippen molar-refractivity contribution in [3.05, 3.63) is 47.0 Å². The third-order valence-corrected chi connectivity index (χ3v) is 5.84. The van der Waals surface area contributed by atoms with Gasteiger partial charge in [0.05, 0.1) is 31.4 Å². The van der Waals surface area contributed by atoms with Crippen LogP contribution in [-0.4, -0.2) is 47.1 Å². The summed E-state index contributed by atoms with van der Waals surface area (Å²) in [7, 11) is 0. The Morgan fingerprint density at radius 2 is 2.10 bits per heavy atom. The minimum Gasteiger partial charge on any atom is -0.490 e. The average molecular weight is 394 g/mol. The molecule has 1 aromatic carbocycles. The molecule has 3 aliphatic heterocycles. The van der Waals surface area contributed by atoms with Crippen molar-refractivity contribution in [3.8, 4) is 11.5 Å². The standard InChI is InChI=1S/C22H26N4O3/c27-21(12-15-4-5-19-20(11-15)29-10-2-9-28-19)26-8-6-17-16(14-26)13-24-22(25-17)18-3-1-7-23-18/h4-5,11,13,18,23H,1-3,6-10,12,14H2/t18-/m0/s1. The summed E-state index contributed by atoms with van der Waals surface area (Å²) >= 11 is 0. The number of aromatic nitrogens is 2. The maximum Gasteiger partial charge on any atom is 0.227 e. The van der Waals surface area contributed by atoms with Gasteiger partial charge in [-0.05, 0) is 37.1 Å². The number of benzene rings is 1. The van der Waals surface area contributed by atoms with Crippen LogP contribution in [0.3, 0.4) is 0 Å². The first kappa shape index (κ1) is 18.4. The van der Waals surface area contributed by atoms with Crippen LogP contribution in [0.5, 0.6) is 11.5 Å². The largest absolute Gasteiger partial charge is 0.490 e. The fraction of sp³-hybridized carbons (Fsp3) is 0.500. The van der Waals surface area contributed by atoms with Gasteiger partial charge < -0.3 is 19.7 Å². The van der Waals surface area contributed by atoms with Crippen molar-refractivity contribution in [3.63, 3.8) is 0 Å². The lowest BCUT2D eigenvalue weighted by atomic mass is 10.0. The van der Waals surface area contributed by atoms with E-state index in [1.54, 1.807) is 0 Å². The number of carbonyl (C=O) groups excluding carboxylic acids is 1. The number of ether oxygens (including phenoxy) is 2. The Kier molecular flexibility index (Phi) is 5.06. The van der Waals surface area contributed by atoms with E-state index < -0.39 is 0 Å². The molecule has 0 unspecified atom stereocenters. The third-order valence-electron chi connectivity index (χ3n) is 5.84. The predicted octanol–water partition coefficient (Wildman–Crippen LogP) is 2.19. The zero-order chi connectivity index (χ0) is 19.6. The molecule has 7 heteroatoms. The molecule has 4 heterocycles. The molecule has 1 atom stereocenters. The van der Waals surface area contributed by atoms with Crippen LogP contribution in [0, 0.1) is 0 Å². The molecule has 0 aliphatic carbocycles. The highest BCUT2D eigenvalue weighted by Gasteiger charge is 2.25. The summed E-state index contributed by atoms with van der Waals surface area (Å²) in [6, 6.07) is 6.06. The van der Waals surface area contributed by atoms with Crippen LogP contribution in [-0.2, 0) is 24.2 Å². The molecule has 0 saturated carbocycles. The second kappa shape index (κ2) is 7.99. The number of hydrogen-bond donors (Lipinski definition) is 1. The van der Waals surface area contributed by atoms with E-state index in [0.29, 0.717) is 32.7 Å². The first-order valence-electron chi connectivity index (χ1n) is 10.5. The van der Waals surface area contributed by atoms with Crippen LogP contribution in [0.4, 0.5) is 0 Å². The average Bonchev–Trinajstić information content (AvgIpc) is 3.19. The summed E-state index contributed by atoms with van der Waals surface area (Å²) in [5, 5.41) is 3.45. The lowest BCUT2D eigenvalue weighted by molar-refractivity contribution is -0.131. The number of amides is 1. The molecule has 2 aromatic rings. The number of nitrogens with one attached hydrogen (secondary N) is 1. The Hall–Kier alpha value is -2.67. The molecule has 29 heavy (non-hydrogen) atoms. The molecule has 0 radical (unpaired) electrons. The lowest BCUT2D eigenvalue weighted by Gasteiger charge is -2.28. The van der Waals surface area contributed by atoms with Gasteiger partial charge in [0.15, 0.2) is 11.5 Å². The number of carbonyl (C=O) groups is 1. The predicted molar refractivity (Wildman–Crippen MR) is 107 cm³/mol. The summed E-state index contributed by atoms with van der Waals surface area (Å²) in [4.78, 5) is 24.2. The molecule has 1 fully saturated rings. The van der Waals surface area contributed by atoms with E-state index in [9.17, 15) is 4.79 Å². The number of hydrogen-bond acceptors (Lipinski definition) is 6. The fourth-order valence-corrected chi connectivity index (χ4v) is 4.22. The van der Waals surface area contributed by atoms with Crippen molar-refractivity contribution in [2.24, 2.45) is 0 Å². The summed E-state index contributed by atoms with van der Waals surface area (Å²) in [6.07, 6.45) is 6.19. The van der Waals surface area contributed by atoms with Crippen LogP contribution >= 0.6 is 0 Å². The van der Waals surface area contributed by atoms with E-state index in [-0.39, 0.29) is 11.9 Å². The van der Waals surface area contributed by atoms with E-state index in [1.807, 2.05) is 29.3 Å². The van der Waals surface area contributed by atoms with Gasteiger partial charge in [-0.1, -0.05) is 6.07 Å². The fourth-order valence-electron chi connectivity index (χ4n) is 4.22. The number of fused-ring (bicyclic) bond motifs is 2. The van der Waals surface area contributed by atoms with Crippen LogP contribution in [0.25, 0.3) is 0 Å². The van der Waals surface area contributed by atoms with E-state index in [0.717, 1.165) is 60.0 Å². The molecule has 1 N–H and O–H groups in total. The first-order chi connectivity index (χ1) is 14.3. The van der Waals surface area contributed by atoms with Gasteiger partial charge in [0.2, 0.25) is 5.91 Å². The molecule has 1 amide bonds. The number of rotatable bonds is 3. The number of nitrogens with zero attached hydrogens (tertiary/aromatic N) is 3. The summed E-state index contributed by atoms with van der Waals surface area (Å²) in [5.41, 5.74) is 3.09. The Morgan fingerprint density at radius 1 is 1.21 bits per heavy atom. The van der Waals surface area contributed by atoms with E-state index >= 15 is 0 Å². The zero-order valence-electron chi connectivity index (χ0n) is 16.5. The van der Waals surface area contributed by atoms with E-state index in [4.69, 9.17) is 14.5 Å². The van der Waals surface area contributed by atoms with Crippen molar-refractivity contribution >= 4 is 5.91 Å². The molecule has 5 rings (SSSR count). The summed E-state index contributed by atoms with van der Waals surface area (Å²) in [6.45, 7) is 3.63. The summed E-state index contributed by atoms with van der Waals surface area (Å²) in [5.74, 6) is 2.51. The molecule has 3 aliphatic rings. The van der Waals surface area contributed by atoms with Crippen molar-refractivity contribution in [1.82, 2.24) is 20.2 Å². The van der Waals surface area contributed by atoms with Crippen LogP contribution in [0.2, 0.25) is 0 Å². The van der Waals surface area contributed by atoms with Gasteiger partial charge in [-0.25, -0.2) is 9.97 Å². The molecule has 1 saturated heterocycles. The Bertz CT molecular complexity index is 911. The molecular formula is C22H26N4O3. The van der Waals surface area contributed by atoms with Gasteiger partial charge in [0.1, 0.15) is 5.82 Å². The lowest BCUT2D eigenvalue weighted by Crippen LogP contribution is -2.37. The quantitative estimate of drug-likeness (QED) is 0.860. The molecule has 152 valence electrons. The van der Waals surface area contributed by atoms with Gasteiger partial charge in [0.25, 0.3) is 0 Å². The highest BCUT2D eigenvalue weighted by molar-refractivity contribution is 5.79. The molecule has 0 bridgehead atoms. The SMILES string of the molecule is O=C(Cc1ccc2c(c1)OCCCO2)N1CCc2nc([C@@H]3CCCN3)ncc2C1. The van der Waals surface area contributed by atoms with Crippen molar-refractivity contribution in [2.45, 2.75) is 44.7 Å². The maximum atomic E-state index is 12.9. The summed E-state index contributed by atoms with van der Waals surface area (Å²) < 4.78 is 11.4. The minimum atomic E-state index is 0.117. The van der Waals surface area contributed by atoms with Gasteiger partial charge >= 0.3 is 0 Å². The van der Waals surface area contributed by atoms with Crippen molar-refractivity contribution in [1.29, 1.82) is 0 Å².